The van der Waals surface area contributed by atoms with Crippen LogP contribution in [0, 0.1) is 0 Å². The van der Waals surface area contributed by atoms with Crippen LogP contribution in [0.15, 0.2) is 0 Å². The van der Waals surface area contributed by atoms with Gasteiger partial charge in [0.15, 0.2) is 0 Å². The van der Waals surface area contributed by atoms with Crippen molar-refractivity contribution in [3.63, 3.8) is 0 Å². The van der Waals surface area contributed by atoms with Gasteiger partial charge in [0.25, 0.3) is 0 Å². The van der Waals surface area contributed by atoms with E-state index < -0.39 is 0 Å². The molecule has 0 fully saturated rings. The fourth-order valence-corrected chi connectivity index (χ4v) is 0. The Balaban J connectivity index is 0. The first kappa shape index (κ1) is 66.7. The van der Waals surface area contributed by atoms with Crippen LogP contribution < -0.4 is 0 Å². The Morgan fingerprint density at radius 1 is 0.400 bits per heavy atom. The van der Waals surface area contributed by atoms with Crippen LogP contribution in [0.5, 0.6) is 0 Å². The molecule has 0 bridgehead atoms. The van der Waals surface area contributed by atoms with Crippen molar-refractivity contribution in [2.24, 2.45) is 0 Å². The topological polar surface area (TPSA) is 0 Å². The number of hydrogen-bond acceptors (Lipinski definition) is 0. The molecule has 0 saturated carbocycles. The molecule has 0 rings (SSSR count). The largest absolute Gasteiger partial charge is 0 e. The molecule has 0 saturated heterocycles. The Morgan fingerprint density at radius 3 is 0.400 bits per heavy atom. The first-order chi connectivity index (χ1) is 0. The first-order valence-electron chi connectivity index (χ1n) is 0. The summed E-state index contributed by atoms with van der Waals surface area (Å²) in [6.07, 6.45) is 0. The van der Waals surface area contributed by atoms with Crippen LogP contribution >= 0.6 is 0 Å². The Hall–Kier alpha value is 1.90. The summed E-state index contributed by atoms with van der Waals surface area (Å²) in [7, 11) is 0. The monoisotopic (exact) mass is 83.0 g/mol. The zero-order valence-corrected chi connectivity index (χ0v) is 6.43. The summed E-state index contributed by atoms with van der Waals surface area (Å²) in [6.45, 7) is 0. The predicted molar refractivity (Wildman–Crippen MR) is 28.8 cm³/mol. The summed E-state index contributed by atoms with van der Waals surface area (Å²) in [4.78, 5) is 0. The van der Waals surface area contributed by atoms with E-state index >= 15 is 0 Å². The Labute approximate surface area is 83.6 Å². The molecule has 13 valence electrons. The minimum atomic E-state index is 0. The molecule has 5 heteroatoms. The van der Waals surface area contributed by atoms with Crippen LogP contribution in [0.3, 0.4) is 0 Å². The summed E-state index contributed by atoms with van der Waals surface area (Å²) in [6, 6.07) is 0. The van der Waals surface area contributed by atoms with E-state index in [1.165, 1.54) is 0 Å². The molecule has 0 amide bonds. The van der Waals surface area contributed by atoms with Crippen molar-refractivity contribution >= 4 is 85.0 Å². The van der Waals surface area contributed by atoms with Crippen molar-refractivity contribution < 1.29 is 0 Å². The molecule has 0 spiro atoms. The third-order valence-electron chi connectivity index (χ3n) is 0. The van der Waals surface area contributed by atoms with Crippen LogP contribution in [-0.4, -0.2) is 85.0 Å². The standard InChI is InChI=1S/4B.K. The summed E-state index contributed by atoms with van der Waals surface area (Å²) < 4.78 is 0. The van der Waals surface area contributed by atoms with Gasteiger partial charge >= 0.3 is 0 Å². The van der Waals surface area contributed by atoms with Gasteiger partial charge in [0.2, 0.25) is 0 Å². The fraction of sp³-hybridized carbons (Fsp3) is 0. The molecule has 0 heterocycles. The van der Waals surface area contributed by atoms with Gasteiger partial charge in [-0.25, -0.2) is 0 Å². The van der Waals surface area contributed by atoms with E-state index in [2.05, 4.69) is 0 Å². The maximum Gasteiger partial charge on any atom is 0 e. The molecule has 0 N–H and O–H groups in total. The van der Waals surface area contributed by atoms with E-state index in [1.807, 2.05) is 0 Å². The van der Waals surface area contributed by atoms with Gasteiger partial charge in [-0.05, 0) is 0 Å². The van der Waals surface area contributed by atoms with Gasteiger partial charge in [0, 0.05) is 85.0 Å². The van der Waals surface area contributed by atoms with E-state index in [0.29, 0.717) is 0 Å². The SMILES string of the molecule is [B].[B].[B].[B].[K]. The third kappa shape index (κ3) is 24.9. The second kappa shape index (κ2) is 39.3. The van der Waals surface area contributed by atoms with Gasteiger partial charge in [-0.15, -0.1) is 0 Å². The average molecular weight is 82.3 g/mol. The van der Waals surface area contributed by atoms with E-state index in [1.54, 1.807) is 0 Å². The van der Waals surface area contributed by atoms with Gasteiger partial charge in [-0.3, -0.25) is 0 Å². The molecule has 0 aliphatic carbocycles. The zero-order chi connectivity index (χ0) is 0. The summed E-state index contributed by atoms with van der Waals surface area (Å²) in [5.74, 6) is 0. The number of rotatable bonds is 0. The molecule has 13 radical (unpaired) electrons. The van der Waals surface area contributed by atoms with Gasteiger partial charge < -0.3 is 0 Å². The van der Waals surface area contributed by atoms with Crippen molar-refractivity contribution in [3.8, 4) is 0 Å². The molecule has 0 atom stereocenters. The van der Waals surface area contributed by atoms with Gasteiger partial charge in [0.1, 0.15) is 0 Å². The molecule has 0 aromatic rings. The minimum Gasteiger partial charge on any atom is 0 e. The zero-order valence-electron chi connectivity index (χ0n) is 3.31. The van der Waals surface area contributed by atoms with Gasteiger partial charge in [0.05, 0.1) is 0 Å². The van der Waals surface area contributed by atoms with E-state index in [4.69, 9.17) is 0 Å². The third-order valence-corrected chi connectivity index (χ3v) is 0. The van der Waals surface area contributed by atoms with Crippen LogP contribution in [0.25, 0.3) is 0 Å². The second-order valence-electron chi connectivity index (χ2n) is 0. The predicted octanol–water partition coefficient (Wildman–Crippen LogP) is -1.90. The van der Waals surface area contributed by atoms with E-state index in [9.17, 15) is 0 Å². The molecule has 0 aliphatic heterocycles. The van der Waals surface area contributed by atoms with Crippen molar-refractivity contribution in [3.05, 3.63) is 0 Å². The second-order valence-corrected chi connectivity index (χ2v) is 0. The quantitative estimate of drug-likeness (QED) is 0.299. The van der Waals surface area contributed by atoms with Crippen molar-refractivity contribution in [1.82, 2.24) is 0 Å². The van der Waals surface area contributed by atoms with Crippen LogP contribution in [-0.2, 0) is 0 Å². The molecular formula is B4K. The molecule has 0 aromatic heterocycles. The average Bonchev–Trinajstić information content (AvgIpc) is 0. The van der Waals surface area contributed by atoms with Crippen molar-refractivity contribution in [2.45, 2.75) is 0 Å². The Bertz CT molecular complexity index is 3.61. The molecule has 0 nitrogen and oxygen atoms in total. The summed E-state index contributed by atoms with van der Waals surface area (Å²) in [5, 5.41) is 0. The normalized spacial score (nSPS) is 0. The minimum absolute atomic E-state index is 0. The molecule has 0 unspecified atom stereocenters. The van der Waals surface area contributed by atoms with Gasteiger partial charge in [-0.1, -0.05) is 0 Å². The van der Waals surface area contributed by atoms with Crippen LogP contribution in [0.1, 0.15) is 0 Å². The molecule has 0 aliphatic rings. The van der Waals surface area contributed by atoms with Crippen LogP contribution in [0.2, 0.25) is 0 Å². The number of hydrogen-bond donors (Lipinski definition) is 0. The molecular weight excluding hydrogens is 82.3 g/mol. The molecule has 0 aromatic carbocycles. The summed E-state index contributed by atoms with van der Waals surface area (Å²) in [5.41, 5.74) is 0. The maximum absolute atomic E-state index is 0. The van der Waals surface area contributed by atoms with Crippen molar-refractivity contribution in [2.75, 3.05) is 0 Å². The Kier molecular flexibility index (Phi) is 524. The maximum atomic E-state index is 0. The summed E-state index contributed by atoms with van der Waals surface area (Å²) >= 11 is 0. The smallest absolute Gasteiger partial charge is 0 e. The van der Waals surface area contributed by atoms with Gasteiger partial charge in [-0.2, -0.15) is 0 Å². The van der Waals surface area contributed by atoms with E-state index in [0.717, 1.165) is 0 Å². The first-order valence-corrected chi connectivity index (χ1v) is 0. The Morgan fingerprint density at radius 2 is 0.400 bits per heavy atom. The van der Waals surface area contributed by atoms with Crippen LogP contribution in [0.4, 0.5) is 0 Å². The van der Waals surface area contributed by atoms with E-state index in [-0.39, 0.29) is 85.0 Å². The fourth-order valence-electron chi connectivity index (χ4n) is 0. The molecule has 5 heavy (non-hydrogen) atoms. The van der Waals surface area contributed by atoms with Crippen molar-refractivity contribution in [1.29, 1.82) is 0 Å².